The summed E-state index contributed by atoms with van der Waals surface area (Å²) in [4.78, 5) is -1.92. The van der Waals surface area contributed by atoms with Crippen molar-refractivity contribution in [3.05, 3.63) is 35.9 Å². The second-order valence-electron chi connectivity index (χ2n) is 6.52. The van der Waals surface area contributed by atoms with Gasteiger partial charge in [-0.3, -0.25) is 0 Å². The molecule has 214 valence electrons. The number of hydrogen-bond donors (Lipinski definition) is 0. The van der Waals surface area contributed by atoms with Crippen molar-refractivity contribution in [1.82, 2.24) is 0 Å². The van der Waals surface area contributed by atoms with E-state index in [1.165, 1.54) is 0 Å². The predicted molar refractivity (Wildman–Crippen MR) is 80.0 cm³/mol. The van der Waals surface area contributed by atoms with Gasteiger partial charge in [-0.05, 0) is 12.1 Å². The van der Waals surface area contributed by atoms with E-state index in [0.29, 0.717) is 12.1 Å². The van der Waals surface area contributed by atoms with Crippen molar-refractivity contribution >= 4 is 10.1 Å². The zero-order valence-corrected chi connectivity index (χ0v) is 20.1. The summed E-state index contributed by atoms with van der Waals surface area (Å²) >= 11 is 0. The van der Waals surface area contributed by atoms with Crippen molar-refractivity contribution in [3.8, 4) is 5.75 Å². The van der Waals surface area contributed by atoms with Crippen LogP contribution in [0.15, 0.2) is 40.8 Å². The number of allylic oxidation sites excluding steroid dienone is 1. The quantitative estimate of drug-likeness (QED) is 0.240. The van der Waals surface area contributed by atoms with Crippen molar-refractivity contribution in [3.63, 3.8) is 0 Å². The van der Waals surface area contributed by atoms with Crippen LogP contribution in [0, 0.1) is 0 Å². The number of ether oxygens (including phenoxy) is 1. The Morgan fingerprint density at radius 2 is 1.05 bits per heavy atom. The van der Waals surface area contributed by atoms with Crippen LogP contribution in [-0.4, -0.2) is 54.9 Å². The summed E-state index contributed by atoms with van der Waals surface area (Å²) in [7, 11) is -5.87. The van der Waals surface area contributed by atoms with E-state index in [4.69, 9.17) is 0 Å². The molecule has 38 heavy (non-hydrogen) atoms. The fourth-order valence-corrected chi connectivity index (χ4v) is 2.66. The van der Waals surface area contributed by atoms with Crippen LogP contribution in [0.5, 0.6) is 5.75 Å². The minimum atomic E-state index is -8.42. The van der Waals surface area contributed by atoms with Crippen molar-refractivity contribution < 1.29 is 122 Å². The maximum atomic E-state index is 13.8. The number of halogens is 17. The van der Waals surface area contributed by atoms with Gasteiger partial charge in [0.1, 0.15) is 15.9 Å². The predicted octanol–water partition coefficient (Wildman–Crippen LogP) is 3.46. The smallest absolute Gasteiger partial charge is 0.744 e. The zero-order valence-electron chi connectivity index (χ0n) is 17.3. The topological polar surface area (TPSA) is 66.4 Å². The van der Waals surface area contributed by atoms with E-state index in [0.717, 1.165) is 0 Å². The Hall–Kier alpha value is -1.52. The van der Waals surface area contributed by atoms with Crippen LogP contribution in [0.4, 0.5) is 74.6 Å². The molecule has 0 fully saturated rings. The first-order chi connectivity index (χ1) is 16.0. The van der Waals surface area contributed by atoms with Crippen molar-refractivity contribution in [1.29, 1.82) is 0 Å². The molecule has 0 amide bonds. The van der Waals surface area contributed by atoms with E-state index in [9.17, 15) is 87.6 Å². The van der Waals surface area contributed by atoms with Gasteiger partial charge in [-0.2, -0.15) is 65.9 Å². The first-order valence-electron chi connectivity index (χ1n) is 8.15. The van der Waals surface area contributed by atoms with E-state index in [1.807, 2.05) is 0 Å². The molecular formula is C15H4F17NaO4S. The molecule has 1 rings (SSSR count). The average Bonchev–Trinajstić information content (AvgIpc) is 2.70. The maximum absolute atomic E-state index is 13.8. The molecule has 0 spiro atoms. The Balaban J connectivity index is 0.0000137. The third kappa shape index (κ3) is 5.82. The Morgan fingerprint density at radius 3 is 1.45 bits per heavy atom. The van der Waals surface area contributed by atoms with E-state index < -0.39 is 74.3 Å². The van der Waals surface area contributed by atoms with Gasteiger partial charge < -0.3 is 9.29 Å². The van der Waals surface area contributed by atoms with Crippen LogP contribution in [0.25, 0.3) is 0 Å². The van der Waals surface area contributed by atoms with Crippen molar-refractivity contribution in [2.45, 2.75) is 46.8 Å². The summed E-state index contributed by atoms with van der Waals surface area (Å²) in [5, 5.41) is 0. The number of rotatable bonds is 9. The minimum Gasteiger partial charge on any atom is -0.744 e. The zero-order chi connectivity index (χ0) is 29.8. The second-order valence-corrected chi connectivity index (χ2v) is 7.87. The van der Waals surface area contributed by atoms with Gasteiger partial charge >= 0.3 is 71.5 Å². The van der Waals surface area contributed by atoms with Crippen LogP contribution >= 0.6 is 0 Å². The Kier molecular flexibility index (Phi) is 10.0. The van der Waals surface area contributed by atoms with Crippen LogP contribution in [0.2, 0.25) is 0 Å². The Morgan fingerprint density at radius 1 is 0.658 bits per heavy atom. The fourth-order valence-electron chi connectivity index (χ4n) is 2.06. The number of benzene rings is 1. The summed E-state index contributed by atoms with van der Waals surface area (Å²) in [6.07, 6.45) is -14.6. The number of alkyl halides is 15. The number of para-hydroxylation sites is 1. The minimum absolute atomic E-state index is 0. The third-order valence-electron chi connectivity index (χ3n) is 4.01. The molecule has 0 radical (unpaired) electrons. The first-order valence-corrected chi connectivity index (χ1v) is 9.56. The monoisotopic (exact) mass is 626 g/mol. The molecule has 0 N–H and O–H groups in total. The number of hydrogen-bond acceptors (Lipinski definition) is 4. The summed E-state index contributed by atoms with van der Waals surface area (Å²) < 4.78 is 259. The average molecular weight is 626 g/mol. The van der Waals surface area contributed by atoms with Gasteiger partial charge in [0.15, 0.2) is 0 Å². The van der Waals surface area contributed by atoms with Crippen molar-refractivity contribution in [2.24, 2.45) is 0 Å². The molecule has 0 saturated heterocycles. The van der Waals surface area contributed by atoms with Gasteiger partial charge in [-0.1, -0.05) is 12.1 Å². The molecule has 0 aliphatic carbocycles. The van der Waals surface area contributed by atoms with Gasteiger partial charge in [0, 0.05) is 0 Å². The van der Waals surface area contributed by atoms with E-state index >= 15 is 0 Å². The van der Waals surface area contributed by atoms with E-state index in [1.54, 1.807) is 0 Å². The molecule has 1 aromatic rings. The van der Waals surface area contributed by atoms with Gasteiger partial charge in [0.05, 0.1) is 4.90 Å². The molecule has 0 atom stereocenters. The van der Waals surface area contributed by atoms with Crippen LogP contribution in [0.3, 0.4) is 0 Å². The second kappa shape index (κ2) is 10.5. The molecule has 1 aromatic carbocycles. The van der Waals surface area contributed by atoms with Gasteiger partial charge in [-0.25, -0.2) is 17.2 Å². The molecule has 0 bridgehead atoms. The molecule has 0 saturated carbocycles. The molecule has 0 aliphatic rings. The molecule has 4 nitrogen and oxygen atoms in total. The van der Waals surface area contributed by atoms with Gasteiger partial charge in [-0.15, -0.1) is 0 Å². The summed E-state index contributed by atoms with van der Waals surface area (Å²) in [6, 6.07) is 1.11. The molecular weight excluding hydrogens is 622 g/mol. The van der Waals surface area contributed by atoms with E-state index in [-0.39, 0.29) is 41.7 Å². The molecule has 0 heterocycles. The molecule has 0 aromatic heterocycles. The van der Waals surface area contributed by atoms with Crippen molar-refractivity contribution in [2.75, 3.05) is 0 Å². The molecule has 0 unspecified atom stereocenters. The van der Waals surface area contributed by atoms with Gasteiger partial charge in [0.2, 0.25) is 11.7 Å². The van der Waals surface area contributed by atoms with E-state index in [2.05, 4.69) is 4.74 Å². The normalized spacial score (nSPS) is 15.5. The van der Waals surface area contributed by atoms with Crippen LogP contribution in [-0.2, 0) is 10.1 Å². The Labute approximate surface area is 220 Å². The molecule has 23 heteroatoms. The summed E-state index contributed by atoms with van der Waals surface area (Å²) in [5.41, 5.74) is 0. The fraction of sp³-hybridized carbons (Fsp3) is 0.467. The SMILES string of the molecule is O=S(=O)([O-])c1ccccc1OC(F)(F)C(F)(F)/C(F)=C(\F)C(F)(F)C(F)(F)C(F)(F)C(F)(F)C(F)(F)F.[Na+]. The summed E-state index contributed by atoms with van der Waals surface area (Å²) in [6.45, 7) is 0. The van der Waals surface area contributed by atoms with Crippen LogP contribution < -0.4 is 34.3 Å². The maximum Gasteiger partial charge on any atom is 1.00 e. The molecule has 0 aliphatic heterocycles. The van der Waals surface area contributed by atoms with Gasteiger partial charge in [0.25, 0.3) is 0 Å². The standard InChI is InChI=1S/C15H5F17O4S.Na/c16-7(9(18,19)11(22,23)12(24,25)13(26,27)14(28,29)30)8(17)10(20,21)15(31,32)36-5-3-1-2-4-6(5)37(33,34)35;/h1-4H,(H,33,34,35);/q;+1/p-1/b8-7+;. The largest absolute Gasteiger partial charge is 1.00 e. The Bertz CT molecular complexity index is 1160. The van der Waals surface area contributed by atoms with Crippen LogP contribution in [0.1, 0.15) is 0 Å². The first kappa shape index (κ1) is 36.5. The third-order valence-corrected chi connectivity index (χ3v) is 4.88. The summed E-state index contributed by atoms with van der Waals surface area (Å²) in [5.74, 6) is -53.0.